The fraction of sp³-hybridized carbons (Fsp3) is 0.550. The van der Waals surface area contributed by atoms with Crippen LogP contribution in [0.1, 0.15) is 36.8 Å². The molecule has 0 aromatic heterocycles. The zero-order valence-corrected chi connectivity index (χ0v) is 14.1. The van der Waals surface area contributed by atoms with E-state index >= 15 is 0 Å². The van der Waals surface area contributed by atoms with Gasteiger partial charge in [0.25, 0.3) is 0 Å². The van der Waals surface area contributed by atoms with Crippen molar-refractivity contribution in [2.24, 2.45) is 5.92 Å². The topological polar surface area (TPSA) is 52.6 Å². The zero-order valence-electron chi connectivity index (χ0n) is 14.1. The van der Waals surface area contributed by atoms with Crippen LogP contribution in [0.25, 0.3) is 0 Å². The molecule has 2 aliphatic rings. The van der Waals surface area contributed by atoms with Gasteiger partial charge in [-0.15, -0.1) is 6.42 Å². The number of rotatable bonds is 4. The van der Waals surface area contributed by atoms with E-state index < -0.39 is 5.60 Å². The van der Waals surface area contributed by atoms with Crippen LogP contribution < -0.4 is 5.32 Å². The van der Waals surface area contributed by atoms with Gasteiger partial charge in [0, 0.05) is 5.92 Å². The van der Waals surface area contributed by atoms with Crippen LogP contribution in [0.15, 0.2) is 24.3 Å². The van der Waals surface area contributed by atoms with E-state index in [-0.39, 0.29) is 11.8 Å². The summed E-state index contributed by atoms with van der Waals surface area (Å²) in [4.78, 5) is 14.7. The number of nitrogens with one attached hydrogen (secondary N) is 1. The molecule has 1 atom stereocenters. The Morgan fingerprint density at radius 2 is 2.12 bits per heavy atom. The normalized spacial score (nSPS) is 24.8. The summed E-state index contributed by atoms with van der Waals surface area (Å²) in [6.07, 6.45) is 9.66. The highest BCUT2D eigenvalue weighted by molar-refractivity contribution is 5.78. The molecule has 0 bridgehead atoms. The van der Waals surface area contributed by atoms with E-state index in [0.29, 0.717) is 19.5 Å². The van der Waals surface area contributed by atoms with Crippen LogP contribution in [0.2, 0.25) is 0 Å². The monoisotopic (exact) mass is 326 g/mol. The summed E-state index contributed by atoms with van der Waals surface area (Å²) in [7, 11) is 0. The minimum absolute atomic E-state index is 0.0291. The first kappa shape index (κ1) is 17.0. The lowest BCUT2D eigenvalue weighted by molar-refractivity contribution is -0.128. The number of hydrogen-bond acceptors (Lipinski definition) is 3. The molecule has 1 aromatic carbocycles. The first-order valence-corrected chi connectivity index (χ1v) is 8.87. The van der Waals surface area contributed by atoms with Crippen LogP contribution in [-0.4, -0.2) is 42.1 Å². The van der Waals surface area contributed by atoms with Crippen LogP contribution in [0.5, 0.6) is 0 Å². The molecule has 1 heterocycles. The standard InChI is InChI=1S/C20H26N2O2/c1-2-12-22-13-9-17(10-14-22)19(23)21-15-20(24)11-5-7-16-6-3-4-8-18(16)20/h1,3-4,6,8,17,24H,5,7,9-15H2,(H,21,23). The van der Waals surface area contributed by atoms with Gasteiger partial charge < -0.3 is 10.4 Å². The molecule has 1 aromatic rings. The van der Waals surface area contributed by atoms with E-state index in [1.54, 1.807) is 0 Å². The van der Waals surface area contributed by atoms with E-state index in [9.17, 15) is 9.90 Å². The third kappa shape index (κ3) is 3.63. The second kappa shape index (κ2) is 7.38. The molecule has 0 radical (unpaired) electrons. The lowest BCUT2D eigenvalue weighted by Crippen LogP contribution is -2.46. The highest BCUT2D eigenvalue weighted by atomic mass is 16.3. The number of aryl methyl sites for hydroxylation is 1. The van der Waals surface area contributed by atoms with Gasteiger partial charge in [-0.05, 0) is 56.3 Å². The summed E-state index contributed by atoms with van der Waals surface area (Å²) in [6, 6.07) is 8.02. The number of fused-ring (bicyclic) bond motifs is 1. The third-order valence-corrected chi connectivity index (χ3v) is 5.38. The molecule has 0 spiro atoms. The first-order valence-electron chi connectivity index (χ1n) is 8.87. The molecule has 128 valence electrons. The van der Waals surface area contributed by atoms with Crippen molar-refractivity contribution in [3.05, 3.63) is 35.4 Å². The zero-order chi connectivity index (χ0) is 17.0. The summed E-state index contributed by atoms with van der Waals surface area (Å²) in [6.45, 7) is 2.70. The highest BCUT2D eigenvalue weighted by Crippen LogP contribution is 2.34. The Morgan fingerprint density at radius 1 is 1.38 bits per heavy atom. The van der Waals surface area contributed by atoms with Gasteiger partial charge in [0.2, 0.25) is 5.91 Å². The number of likely N-dealkylation sites (tertiary alicyclic amines) is 1. The van der Waals surface area contributed by atoms with Crippen molar-refractivity contribution in [2.75, 3.05) is 26.2 Å². The molecule has 3 rings (SSSR count). The van der Waals surface area contributed by atoms with Gasteiger partial charge in [-0.2, -0.15) is 0 Å². The molecule has 1 fully saturated rings. The quantitative estimate of drug-likeness (QED) is 0.828. The summed E-state index contributed by atoms with van der Waals surface area (Å²) in [5.74, 6) is 2.75. The van der Waals surface area contributed by atoms with Crippen molar-refractivity contribution in [3.63, 3.8) is 0 Å². The predicted octanol–water partition coefficient (Wildman–Crippen LogP) is 1.67. The lowest BCUT2D eigenvalue weighted by Gasteiger charge is -2.35. The summed E-state index contributed by atoms with van der Waals surface area (Å²) in [5, 5.41) is 14.0. The number of benzene rings is 1. The average molecular weight is 326 g/mol. The minimum atomic E-state index is -0.936. The van der Waals surface area contributed by atoms with E-state index in [4.69, 9.17) is 6.42 Å². The van der Waals surface area contributed by atoms with E-state index in [1.165, 1.54) is 5.56 Å². The fourth-order valence-corrected chi connectivity index (χ4v) is 3.94. The van der Waals surface area contributed by atoms with Gasteiger partial charge in [-0.1, -0.05) is 30.2 Å². The minimum Gasteiger partial charge on any atom is -0.383 e. The number of carbonyl (C=O) groups excluding carboxylic acids is 1. The van der Waals surface area contributed by atoms with Crippen LogP contribution >= 0.6 is 0 Å². The number of piperidine rings is 1. The molecular weight excluding hydrogens is 300 g/mol. The second-order valence-corrected chi connectivity index (χ2v) is 7.01. The SMILES string of the molecule is C#CCN1CCC(C(=O)NCC2(O)CCCc3ccccc32)CC1. The molecule has 4 nitrogen and oxygen atoms in total. The summed E-state index contributed by atoms with van der Waals surface area (Å²) >= 11 is 0. The number of carbonyl (C=O) groups is 1. The summed E-state index contributed by atoms with van der Waals surface area (Å²) in [5.41, 5.74) is 1.23. The Hall–Kier alpha value is -1.83. The Morgan fingerprint density at radius 3 is 2.88 bits per heavy atom. The van der Waals surface area contributed by atoms with Gasteiger partial charge in [-0.25, -0.2) is 0 Å². The molecule has 1 unspecified atom stereocenters. The Kier molecular flexibility index (Phi) is 5.23. The number of nitrogens with zero attached hydrogens (tertiary/aromatic N) is 1. The molecule has 1 aliphatic carbocycles. The van der Waals surface area contributed by atoms with Crippen LogP contribution in [-0.2, 0) is 16.8 Å². The molecule has 2 N–H and O–H groups in total. The van der Waals surface area contributed by atoms with Crippen molar-refractivity contribution < 1.29 is 9.90 Å². The van der Waals surface area contributed by atoms with Crippen molar-refractivity contribution in [3.8, 4) is 12.3 Å². The van der Waals surface area contributed by atoms with E-state index in [0.717, 1.165) is 44.3 Å². The molecule has 0 saturated carbocycles. The maximum absolute atomic E-state index is 12.5. The fourth-order valence-electron chi connectivity index (χ4n) is 3.94. The van der Waals surface area contributed by atoms with Crippen molar-refractivity contribution in [1.82, 2.24) is 10.2 Å². The van der Waals surface area contributed by atoms with Gasteiger partial charge in [-0.3, -0.25) is 9.69 Å². The van der Waals surface area contributed by atoms with Gasteiger partial charge in [0.05, 0.1) is 13.1 Å². The average Bonchev–Trinajstić information content (AvgIpc) is 2.61. The number of terminal acetylenes is 1. The number of aliphatic hydroxyl groups is 1. The lowest BCUT2D eigenvalue weighted by atomic mass is 9.79. The van der Waals surface area contributed by atoms with Crippen LogP contribution in [0, 0.1) is 18.3 Å². The van der Waals surface area contributed by atoms with Crippen molar-refractivity contribution in [1.29, 1.82) is 0 Å². The highest BCUT2D eigenvalue weighted by Gasteiger charge is 2.35. The van der Waals surface area contributed by atoms with Gasteiger partial charge in [0.1, 0.15) is 5.60 Å². The van der Waals surface area contributed by atoms with E-state index in [1.807, 2.05) is 18.2 Å². The number of hydrogen-bond donors (Lipinski definition) is 2. The second-order valence-electron chi connectivity index (χ2n) is 7.01. The van der Waals surface area contributed by atoms with E-state index in [2.05, 4.69) is 22.2 Å². The van der Waals surface area contributed by atoms with Gasteiger partial charge in [0.15, 0.2) is 0 Å². The Labute approximate surface area is 144 Å². The Bertz CT molecular complexity index is 629. The van der Waals surface area contributed by atoms with Crippen LogP contribution in [0.4, 0.5) is 0 Å². The Balaban J connectivity index is 1.56. The third-order valence-electron chi connectivity index (χ3n) is 5.38. The molecule has 4 heteroatoms. The molecule has 1 aliphatic heterocycles. The molecule has 1 amide bonds. The number of amides is 1. The first-order chi connectivity index (χ1) is 11.6. The summed E-state index contributed by atoms with van der Waals surface area (Å²) < 4.78 is 0. The largest absolute Gasteiger partial charge is 0.383 e. The van der Waals surface area contributed by atoms with Crippen LogP contribution in [0.3, 0.4) is 0 Å². The smallest absolute Gasteiger partial charge is 0.223 e. The molecular formula is C20H26N2O2. The van der Waals surface area contributed by atoms with Crippen molar-refractivity contribution >= 4 is 5.91 Å². The molecule has 24 heavy (non-hydrogen) atoms. The predicted molar refractivity (Wildman–Crippen MR) is 94.3 cm³/mol. The van der Waals surface area contributed by atoms with Gasteiger partial charge >= 0.3 is 0 Å². The van der Waals surface area contributed by atoms with Crippen molar-refractivity contribution in [2.45, 2.75) is 37.7 Å². The maximum atomic E-state index is 12.5. The maximum Gasteiger partial charge on any atom is 0.223 e. The molecule has 1 saturated heterocycles.